The van der Waals surface area contributed by atoms with Crippen LogP contribution in [0.15, 0.2) is 82.0 Å². The molecule has 2 rings (SSSR count). The first-order chi connectivity index (χ1) is 13.7. The maximum Gasteiger partial charge on any atom is 0.0849 e. The fraction of sp³-hybridized carbons (Fsp3) is 0.269. The highest BCUT2D eigenvalue weighted by molar-refractivity contribution is 6.02. The number of hydrogen-bond acceptors (Lipinski definition) is 3. The Morgan fingerprint density at radius 2 is 1.62 bits per heavy atom. The first-order valence-corrected chi connectivity index (χ1v) is 9.87. The Morgan fingerprint density at radius 1 is 0.966 bits per heavy atom. The number of hydrogen-bond donors (Lipinski definition) is 0. The number of pyridine rings is 1. The first kappa shape index (κ1) is 22.2. The zero-order chi connectivity index (χ0) is 21.6. The van der Waals surface area contributed by atoms with E-state index in [4.69, 9.17) is 9.98 Å². The van der Waals surface area contributed by atoms with Gasteiger partial charge < -0.3 is 0 Å². The number of allylic oxidation sites excluding steroid dienone is 4. The second-order valence-electron chi connectivity index (χ2n) is 7.40. The van der Waals surface area contributed by atoms with Crippen LogP contribution in [0, 0.1) is 13.8 Å². The molecule has 0 spiro atoms. The second kappa shape index (κ2) is 9.92. The van der Waals surface area contributed by atoms with Gasteiger partial charge in [0, 0.05) is 0 Å². The van der Waals surface area contributed by atoms with Crippen molar-refractivity contribution in [3.8, 4) is 0 Å². The molecule has 0 unspecified atom stereocenters. The lowest BCUT2D eigenvalue weighted by atomic mass is 10.1. The zero-order valence-corrected chi connectivity index (χ0v) is 18.7. The highest BCUT2D eigenvalue weighted by Crippen LogP contribution is 2.21. The van der Waals surface area contributed by atoms with Crippen molar-refractivity contribution in [2.75, 3.05) is 0 Å². The molecular formula is C26H31N3. The van der Waals surface area contributed by atoms with Crippen molar-refractivity contribution in [3.05, 3.63) is 94.5 Å². The van der Waals surface area contributed by atoms with Gasteiger partial charge in [0.25, 0.3) is 0 Å². The van der Waals surface area contributed by atoms with Crippen LogP contribution in [0.2, 0.25) is 0 Å². The summed E-state index contributed by atoms with van der Waals surface area (Å²) in [6, 6.07) is 12.2. The van der Waals surface area contributed by atoms with Crippen molar-refractivity contribution in [3.63, 3.8) is 0 Å². The van der Waals surface area contributed by atoms with E-state index in [1.165, 1.54) is 11.1 Å². The van der Waals surface area contributed by atoms with E-state index in [1.807, 2.05) is 45.9 Å². The average Bonchev–Trinajstić information content (AvgIpc) is 2.69. The molecule has 3 heteroatoms. The molecule has 0 amide bonds. The minimum atomic E-state index is 0.747. The third kappa shape index (κ3) is 6.21. The number of benzene rings is 1. The van der Waals surface area contributed by atoms with Gasteiger partial charge in [0.2, 0.25) is 0 Å². The third-order valence-electron chi connectivity index (χ3n) is 4.79. The van der Waals surface area contributed by atoms with E-state index in [0.29, 0.717) is 0 Å². The number of nitrogens with zero attached hydrogens (tertiary/aromatic N) is 3. The number of aryl methyl sites for hydroxylation is 2. The topological polar surface area (TPSA) is 37.6 Å². The van der Waals surface area contributed by atoms with Crippen LogP contribution in [0.4, 0.5) is 5.69 Å². The van der Waals surface area contributed by atoms with Crippen molar-refractivity contribution in [2.45, 2.75) is 48.5 Å². The molecule has 150 valence electrons. The van der Waals surface area contributed by atoms with E-state index >= 15 is 0 Å². The van der Waals surface area contributed by atoms with Gasteiger partial charge in [0.1, 0.15) is 0 Å². The molecule has 3 nitrogen and oxygen atoms in total. The Bertz CT molecular complexity index is 1030. The molecule has 2 aromatic rings. The molecule has 1 aromatic carbocycles. The Balaban J connectivity index is 2.31. The maximum atomic E-state index is 4.78. The minimum absolute atomic E-state index is 0.747. The summed E-state index contributed by atoms with van der Waals surface area (Å²) in [5, 5.41) is 0. The highest BCUT2D eigenvalue weighted by Gasteiger charge is 2.06. The summed E-state index contributed by atoms with van der Waals surface area (Å²) < 4.78 is 0. The van der Waals surface area contributed by atoms with E-state index in [9.17, 15) is 0 Å². The Morgan fingerprint density at radius 3 is 2.24 bits per heavy atom. The summed E-state index contributed by atoms with van der Waals surface area (Å²) in [6.45, 7) is 18.3. The van der Waals surface area contributed by atoms with E-state index in [0.717, 1.165) is 45.3 Å². The lowest BCUT2D eigenvalue weighted by Crippen LogP contribution is -2.05. The molecule has 1 heterocycles. The molecule has 0 aliphatic heterocycles. The van der Waals surface area contributed by atoms with Crippen LogP contribution < -0.4 is 0 Å². The average molecular weight is 386 g/mol. The molecule has 29 heavy (non-hydrogen) atoms. The summed E-state index contributed by atoms with van der Waals surface area (Å²) in [5.74, 6) is 0. The van der Waals surface area contributed by atoms with Crippen LogP contribution in [0.3, 0.4) is 0 Å². The molecule has 0 aliphatic carbocycles. The fourth-order valence-corrected chi connectivity index (χ4v) is 2.86. The van der Waals surface area contributed by atoms with Gasteiger partial charge >= 0.3 is 0 Å². The zero-order valence-electron chi connectivity index (χ0n) is 18.7. The molecular weight excluding hydrogens is 354 g/mol. The van der Waals surface area contributed by atoms with E-state index in [2.05, 4.69) is 62.7 Å². The maximum absolute atomic E-state index is 4.78. The second-order valence-corrected chi connectivity index (χ2v) is 7.40. The molecule has 0 bridgehead atoms. The summed E-state index contributed by atoms with van der Waals surface area (Å²) in [5.41, 5.74) is 9.74. The summed E-state index contributed by atoms with van der Waals surface area (Å²) >= 11 is 0. The van der Waals surface area contributed by atoms with E-state index in [1.54, 1.807) is 0 Å². The fourth-order valence-electron chi connectivity index (χ4n) is 2.86. The quantitative estimate of drug-likeness (QED) is 0.387. The van der Waals surface area contributed by atoms with Crippen LogP contribution in [0.25, 0.3) is 0 Å². The molecule has 0 saturated carbocycles. The SMILES string of the molecule is C=C(N=C(C)c1cccc(C(C)=Nc2ccc(C)cc2C)n1)/C(C)=C\C(C)=C/C. The van der Waals surface area contributed by atoms with Gasteiger partial charge in [0.05, 0.1) is 34.2 Å². The van der Waals surface area contributed by atoms with Gasteiger partial charge in [-0.05, 0) is 77.8 Å². The van der Waals surface area contributed by atoms with Crippen LogP contribution >= 0.6 is 0 Å². The van der Waals surface area contributed by atoms with E-state index in [-0.39, 0.29) is 0 Å². The number of rotatable bonds is 6. The molecule has 0 N–H and O–H groups in total. The standard InChI is InChI=1S/C26H31N3/c1-9-17(2)15-19(4)21(6)27-22(7)25-11-10-12-26(29-25)23(8)28-24-14-13-18(3)16-20(24)5/h9-16H,6H2,1-5,7-8H3/b17-9-,19-15-,27-22?,28-23?. The van der Waals surface area contributed by atoms with Crippen LogP contribution in [-0.4, -0.2) is 16.4 Å². The van der Waals surface area contributed by atoms with Crippen LogP contribution in [0.5, 0.6) is 0 Å². The molecule has 0 fully saturated rings. The molecule has 1 aromatic heterocycles. The van der Waals surface area contributed by atoms with Crippen molar-refractivity contribution in [1.82, 2.24) is 4.98 Å². The summed E-state index contributed by atoms with van der Waals surface area (Å²) in [7, 11) is 0. The smallest absolute Gasteiger partial charge is 0.0849 e. The minimum Gasteiger partial charge on any atom is -0.252 e. The van der Waals surface area contributed by atoms with Gasteiger partial charge in [-0.15, -0.1) is 0 Å². The lowest BCUT2D eigenvalue weighted by molar-refractivity contribution is 1.21. The predicted molar refractivity (Wildman–Crippen MR) is 127 cm³/mol. The molecule has 0 aliphatic rings. The van der Waals surface area contributed by atoms with Crippen LogP contribution in [0.1, 0.15) is 57.1 Å². The Labute approximate surface area is 175 Å². The van der Waals surface area contributed by atoms with Gasteiger partial charge in [0.15, 0.2) is 0 Å². The molecule has 0 radical (unpaired) electrons. The summed E-state index contributed by atoms with van der Waals surface area (Å²) in [6.07, 6.45) is 4.15. The van der Waals surface area contributed by atoms with Crippen molar-refractivity contribution in [1.29, 1.82) is 0 Å². The monoisotopic (exact) mass is 385 g/mol. The number of aromatic nitrogens is 1. The van der Waals surface area contributed by atoms with Gasteiger partial charge in [-0.25, -0.2) is 4.98 Å². The van der Waals surface area contributed by atoms with Crippen LogP contribution in [-0.2, 0) is 0 Å². The van der Waals surface area contributed by atoms with Crippen molar-refractivity contribution < 1.29 is 0 Å². The lowest BCUT2D eigenvalue weighted by Gasteiger charge is -2.07. The normalized spacial score (nSPS) is 13.6. The predicted octanol–water partition coefficient (Wildman–Crippen LogP) is 7.07. The first-order valence-electron chi connectivity index (χ1n) is 9.87. The molecule has 0 atom stereocenters. The van der Waals surface area contributed by atoms with E-state index < -0.39 is 0 Å². The van der Waals surface area contributed by atoms with Gasteiger partial charge in [-0.2, -0.15) is 0 Å². The Hall–Kier alpha value is -3.07. The number of aliphatic imine (C=N–C) groups is 2. The molecule has 0 saturated heterocycles. The van der Waals surface area contributed by atoms with Crippen molar-refractivity contribution in [2.24, 2.45) is 9.98 Å². The van der Waals surface area contributed by atoms with Gasteiger partial charge in [-0.3, -0.25) is 9.98 Å². The summed E-state index contributed by atoms with van der Waals surface area (Å²) in [4.78, 5) is 14.2. The third-order valence-corrected chi connectivity index (χ3v) is 4.79. The highest BCUT2D eigenvalue weighted by atomic mass is 14.8. The Kier molecular flexibility index (Phi) is 7.60. The van der Waals surface area contributed by atoms with Gasteiger partial charge in [-0.1, -0.05) is 48.1 Å². The van der Waals surface area contributed by atoms with Crippen molar-refractivity contribution >= 4 is 17.1 Å². The largest absolute Gasteiger partial charge is 0.252 e.